The van der Waals surface area contributed by atoms with Crippen molar-refractivity contribution in [2.45, 2.75) is 26.2 Å². The van der Waals surface area contributed by atoms with Crippen LogP contribution in [0.4, 0.5) is 5.82 Å². The normalized spacial score (nSPS) is 11.3. The van der Waals surface area contributed by atoms with Crippen LogP contribution in [0.25, 0.3) is 0 Å². The lowest BCUT2D eigenvalue weighted by Crippen LogP contribution is -2.25. The van der Waals surface area contributed by atoms with Crippen molar-refractivity contribution in [1.29, 1.82) is 0 Å². The molecule has 0 aliphatic carbocycles. The van der Waals surface area contributed by atoms with Crippen LogP contribution in [-0.4, -0.2) is 30.8 Å². The zero-order valence-electron chi connectivity index (χ0n) is 10.7. The third-order valence-electron chi connectivity index (χ3n) is 2.40. The molecule has 1 N–H and O–H groups in total. The zero-order valence-corrected chi connectivity index (χ0v) is 12.3. The highest BCUT2D eigenvalue weighted by atomic mass is 35.5. The maximum Gasteiger partial charge on any atom is 0.240 e. The first-order valence-corrected chi connectivity index (χ1v) is 8.24. The van der Waals surface area contributed by atoms with Crippen molar-refractivity contribution in [3.8, 4) is 0 Å². The van der Waals surface area contributed by atoms with Crippen LogP contribution in [0.3, 0.4) is 0 Å². The molecule has 1 amide bonds. The molecule has 19 heavy (non-hydrogen) atoms. The lowest BCUT2D eigenvalue weighted by molar-refractivity contribution is -0.113. The Kier molecular flexibility index (Phi) is 6.24. The standard InChI is InChI=1S/C12H17ClN2O3S/c1-2-3-4-7-19(17,18)9-12(16)15-11-6-5-10(13)8-14-11/h5-6,8H,2-4,7,9H2,1H3,(H,14,15,16). The number of rotatable bonds is 7. The Morgan fingerprint density at radius 2 is 2.11 bits per heavy atom. The number of carbonyl (C=O) groups excluding carboxylic acids is 1. The zero-order chi connectivity index (χ0) is 14.3. The van der Waals surface area contributed by atoms with Gasteiger partial charge in [0.25, 0.3) is 0 Å². The number of anilines is 1. The summed E-state index contributed by atoms with van der Waals surface area (Å²) in [4.78, 5) is 15.4. The molecule has 1 aromatic heterocycles. The Morgan fingerprint density at radius 1 is 1.37 bits per heavy atom. The highest BCUT2D eigenvalue weighted by Gasteiger charge is 2.16. The summed E-state index contributed by atoms with van der Waals surface area (Å²) in [6.07, 6.45) is 3.76. The largest absolute Gasteiger partial charge is 0.310 e. The Balaban J connectivity index is 2.48. The minimum Gasteiger partial charge on any atom is -0.310 e. The smallest absolute Gasteiger partial charge is 0.240 e. The van der Waals surface area contributed by atoms with Gasteiger partial charge in [0.05, 0.1) is 10.8 Å². The summed E-state index contributed by atoms with van der Waals surface area (Å²) in [5.41, 5.74) is 0. The highest BCUT2D eigenvalue weighted by molar-refractivity contribution is 7.92. The Hall–Kier alpha value is -1.14. The van der Waals surface area contributed by atoms with Crippen LogP contribution in [0.5, 0.6) is 0 Å². The summed E-state index contributed by atoms with van der Waals surface area (Å²) in [7, 11) is -3.35. The van der Waals surface area contributed by atoms with Crippen molar-refractivity contribution in [3.63, 3.8) is 0 Å². The van der Waals surface area contributed by atoms with E-state index in [4.69, 9.17) is 11.6 Å². The first kappa shape index (κ1) is 15.9. The van der Waals surface area contributed by atoms with Gasteiger partial charge in [0, 0.05) is 6.20 Å². The predicted molar refractivity (Wildman–Crippen MR) is 76.1 cm³/mol. The van der Waals surface area contributed by atoms with Gasteiger partial charge in [-0.15, -0.1) is 0 Å². The van der Waals surface area contributed by atoms with Crippen LogP contribution >= 0.6 is 11.6 Å². The van der Waals surface area contributed by atoms with Gasteiger partial charge in [0.1, 0.15) is 11.6 Å². The molecule has 0 bridgehead atoms. The van der Waals surface area contributed by atoms with Crippen LogP contribution < -0.4 is 5.32 Å². The van der Waals surface area contributed by atoms with E-state index in [1.807, 2.05) is 6.92 Å². The quantitative estimate of drug-likeness (QED) is 0.784. The topological polar surface area (TPSA) is 76.1 Å². The van der Waals surface area contributed by atoms with Crippen molar-refractivity contribution in [1.82, 2.24) is 4.98 Å². The number of hydrogen-bond acceptors (Lipinski definition) is 4. The molecular weight excluding hydrogens is 288 g/mol. The summed E-state index contributed by atoms with van der Waals surface area (Å²) in [5, 5.41) is 2.88. The molecule has 0 aliphatic rings. The number of nitrogens with one attached hydrogen (secondary N) is 1. The fraction of sp³-hybridized carbons (Fsp3) is 0.500. The lowest BCUT2D eigenvalue weighted by atomic mass is 10.3. The van der Waals surface area contributed by atoms with E-state index in [1.165, 1.54) is 12.3 Å². The van der Waals surface area contributed by atoms with Crippen LogP contribution in [0.2, 0.25) is 5.02 Å². The lowest BCUT2D eigenvalue weighted by Gasteiger charge is -2.05. The SMILES string of the molecule is CCCCCS(=O)(=O)CC(=O)Nc1ccc(Cl)cn1. The predicted octanol–water partition coefficient (Wildman–Crippen LogP) is 2.28. The molecule has 0 saturated carbocycles. The van der Waals surface area contributed by atoms with E-state index in [-0.39, 0.29) is 11.6 Å². The van der Waals surface area contributed by atoms with Crippen molar-refractivity contribution >= 4 is 33.2 Å². The Bertz CT molecular complexity index is 514. The van der Waals surface area contributed by atoms with Gasteiger partial charge in [-0.1, -0.05) is 31.4 Å². The van der Waals surface area contributed by atoms with Crippen LogP contribution in [0, 0.1) is 0 Å². The number of nitrogens with zero attached hydrogens (tertiary/aromatic N) is 1. The fourth-order valence-corrected chi connectivity index (χ4v) is 2.84. The molecule has 0 fully saturated rings. The average Bonchev–Trinajstić information content (AvgIpc) is 2.31. The van der Waals surface area contributed by atoms with E-state index in [2.05, 4.69) is 10.3 Å². The van der Waals surface area contributed by atoms with Gasteiger partial charge in [-0.3, -0.25) is 4.79 Å². The van der Waals surface area contributed by atoms with Crippen LogP contribution in [0.1, 0.15) is 26.2 Å². The molecule has 1 rings (SSSR count). The summed E-state index contributed by atoms with van der Waals surface area (Å²) in [6.45, 7) is 1.99. The molecule has 5 nitrogen and oxygen atoms in total. The number of unbranched alkanes of at least 4 members (excludes halogenated alkanes) is 2. The molecule has 0 radical (unpaired) electrons. The molecule has 106 valence electrons. The van der Waals surface area contributed by atoms with Gasteiger partial charge in [-0.25, -0.2) is 13.4 Å². The number of sulfone groups is 1. The summed E-state index contributed by atoms with van der Waals surface area (Å²) in [6, 6.07) is 3.09. The van der Waals surface area contributed by atoms with Gasteiger partial charge in [-0.05, 0) is 18.6 Å². The summed E-state index contributed by atoms with van der Waals surface area (Å²) >= 11 is 5.65. The molecule has 7 heteroatoms. The van der Waals surface area contributed by atoms with Crippen LogP contribution in [0.15, 0.2) is 18.3 Å². The first-order chi connectivity index (χ1) is 8.93. The van der Waals surface area contributed by atoms with Gasteiger partial charge in [0.2, 0.25) is 5.91 Å². The van der Waals surface area contributed by atoms with E-state index in [9.17, 15) is 13.2 Å². The Morgan fingerprint density at radius 3 is 2.68 bits per heavy atom. The molecule has 0 saturated heterocycles. The number of amides is 1. The van der Waals surface area contributed by atoms with Gasteiger partial charge in [-0.2, -0.15) is 0 Å². The number of hydrogen-bond donors (Lipinski definition) is 1. The molecular formula is C12H17ClN2O3S. The summed E-state index contributed by atoms with van der Waals surface area (Å²) < 4.78 is 23.3. The van der Waals surface area contributed by atoms with E-state index >= 15 is 0 Å². The fourth-order valence-electron chi connectivity index (χ4n) is 1.47. The third-order valence-corrected chi connectivity index (χ3v) is 4.24. The second-order valence-electron chi connectivity index (χ2n) is 4.21. The maximum atomic E-state index is 11.7. The van der Waals surface area contributed by atoms with Gasteiger partial charge in [0.15, 0.2) is 9.84 Å². The number of carbonyl (C=O) groups is 1. The van der Waals surface area contributed by atoms with Gasteiger partial charge < -0.3 is 5.32 Å². The molecule has 1 aromatic rings. The van der Waals surface area contributed by atoms with E-state index < -0.39 is 21.5 Å². The Labute approximate surface area is 118 Å². The second kappa shape index (κ2) is 7.45. The van der Waals surface area contributed by atoms with E-state index in [0.29, 0.717) is 11.4 Å². The number of aromatic nitrogens is 1. The van der Waals surface area contributed by atoms with Gasteiger partial charge >= 0.3 is 0 Å². The van der Waals surface area contributed by atoms with E-state index in [0.717, 1.165) is 12.8 Å². The van der Waals surface area contributed by atoms with Crippen molar-refractivity contribution in [2.75, 3.05) is 16.8 Å². The van der Waals surface area contributed by atoms with Crippen LogP contribution in [-0.2, 0) is 14.6 Å². The monoisotopic (exact) mass is 304 g/mol. The second-order valence-corrected chi connectivity index (χ2v) is 6.83. The molecule has 0 unspecified atom stereocenters. The molecule has 0 atom stereocenters. The number of halogens is 1. The van der Waals surface area contributed by atoms with E-state index in [1.54, 1.807) is 6.07 Å². The summed E-state index contributed by atoms with van der Waals surface area (Å²) in [5.74, 6) is -0.756. The minimum atomic E-state index is -3.35. The third kappa shape index (κ3) is 6.54. The van der Waals surface area contributed by atoms with Crippen molar-refractivity contribution < 1.29 is 13.2 Å². The molecule has 1 heterocycles. The minimum absolute atomic E-state index is 0.0440. The van der Waals surface area contributed by atoms with Crippen molar-refractivity contribution in [3.05, 3.63) is 23.4 Å². The maximum absolute atomic E-state index is 11.7. The highest BCUT2D eigenvalue weighted by Crippen LogP contribution is 2.09. The number of pyridine rings is 1. The average molecular weight is 305 g/mol. The molecule has 0 spiro atoms. The first-order valence-electron chi connectivity index (χ1n) is 6.05. The molecule has 0 aliphatic heterocycles. The van der Waals surface area contributed by atoms with Crippen molar-refractivity contribution in [2.24, 2.45) is 0 Å². The molecule has 0 aromatic carbocycles.